The van der Waals surface area contributed by atoms with Gasteiger partial charge in [0.25, 0.3) is 0 Å². The van der Waals surface area contributed by atoms with Crippen molar-refractivity contribution in [3.63, 3.8) is 0 Å². The fourth-order valence-corrected chi connectivity index (χ4v) is 2.94. The Balaban J connectivity index is 2.30. The van der Waals surface area contributed by atoms with Crippen LogP contribution in [0.4, 0.5) is 0 Å². The number of aliphatic hydroxyl groups excluding tert-OH is 1. The van der Waals surface area contributed by atoms with Crippen LogP contribution in [0.1, 0.15) is 52.7 Å². The highest BCUT2D eigenvalue weighted by molar-refractivity contribution is 5.42. The minimum Gasteiger partial charge on any atom is -0.497 e. The Kier molecular flexibility index (Phi) is 4.22. The SMILES string of the molecule is COc1ccc(C(C)O)c(OC2CC(C)(C)OC2(C)C)c1. The molecule has 21 heavy (non-hydrogen) atoms. The highest BCUT2D eigenvalue weighted by Gasteiger charge is 2.47. The maximum Gasteiger partial charge on any atom is 0.130 e. The van der Waals surface area contributed by atoms with E-state index in [0.29, 0.717) is 11.5 Å². The van der Waals surface area contributed by atoms with Gasteiger partial charge in [-0.15, -0.1) is 0 Å². The number of benzene rings is 1. The highest BCUT2D eigenvalue weighted by atomic mass is 16.6. The molecule has 2 rings (SSSR count). The summed E-state index contributed by atoms with van der Waals surface area (Å²) in [7, 11) is 1.62. The van der Waals surface area contributed by atoms with Crippen molar-refractivity contribution in [3.8, 4) is 11.5 Å². The predicted octanol–water partition coefficient (Wildman–Crippen LogP) is 3.47. The van der Waals surface area contributed by atoms with Gasteiger partial charge in [0, 0.05) is 18.1 Å². The summed E-state index contributed by atoms with van der Waals surface area (Å²) in [6.07, 6.45) is 0.137. The van der Waals surface area contributed by atoms with E-state index in [1.165, 1.54) is 0 Å². The van der Waals surface area contributed by atoms with Crippen LogP contribution in [-0.2, 0) is 4.74 Å². The van der Waals surface area contributed by atoms with Crippen LogP contribution in [-0.4, -0.2) is 29.5 Å². The Morgan fingerprint density at radius 3 is 2.43 bits per heavy atom. The van der Waals surface area contributed by atoms with Gasteiger partial charge >= 0.3 is 0 Å². The number of methoxy groups -OCH3 is 1. The van der Waals surface area contributed by atoms with Gasteiger partial charge in [-0.2, -0.15) is 0 Å². The number of ether oxygens (including phenoxy) is 3. The number of rotatable bonds is 4. The molecule has 0 radical (unpaired) electrons. The average molecular weight is 294 g/mol. The standard InChI is InChI=1S/C17H26O4/c1-11(18)13-8-7-12(19-6)9-14(13)20-15-10-16(2,3)21-17(15,4)5/h7-9,11,15,18H,10H2,1-6H3. The van der Waals surface area contributed by atoms with E-state index in [4.69, 9.17) is 14.2 Å². The highest BCUT2D eigenvalue weighted by Crippen LogP contribution is 2.41. The Labute approximate surface area is 127 Å². The second-order valence-corrected chi connectivity index (χ2v) is 6.86. The summed E-state index contributed by atoms with van der Waals surface area (Å²) in [6.45, 7) is 9.94. The van der Waals surface area contributed by atoms with Gasteiger partial charge < -0.3 is 19.3 Å². The third-order valence-electron chi connectivity index (χ3n) is 3.93. The molecule has 0 saturated carbocycles. The molecule has 4 heteroatoms. The first-order chi connectivity index (χ1) is 9.64. The number of hydrogen-bond acceptors (Lipinski definition) is 4. The second-order valence-electron chi connectivity index (χ2n) is 6.86. The molecular formula is C17H26O4. The van der Waals surface area contributed by atoms with Crippen LogP contribution >= 0.6 is 0 Å². The molecule has 118 valence electrons. The zero-order valence-corrected chi connectivity index (χ0v) is 13.8. The van der Waals surface area contributed by atoms with Crippen LogP contribution in [0.5, 0.6) is 11.5 Å². The van der Waals surface area contributed by atoms with E-state index in [2.05, 4.69) is 13.8 Å². The molecule has 1 saturated heterocycles. The lowest BCUT2D eigenvalue weighted by atomic mass is 9.97. The van der Waals surface area contributed by atoms with Crippen LogP contribution in [0.2, 0.25) is 0 Å². The van der Waals surface area contributed by atoms with Crippen LogP contribution in [0.15, 0.2) is 18.2 Å². The molecule has 0 amide bonds. The maximum absolute atomic E-state index is 9.92. The van der Waals surface area contributed by atoms with Crippen LogP contribution in [0.3, 0.4) is 0 Å². The summed E-state index contributed by atoms with van der Waals surface area (Å²) in [4.78, 5) is 0. The molecule has 2 atom stereocenters. The smallest absolute Gasteiger partial charge is 0.130 e. The molecule has 4 nitrogen and oxygen atoms in total. The summed E-state index contributed by atoms with van der Waals surface area (Å²) >= 11 is 0. The normalized spacial score (nSPS) is 24.6. The fraction of sp³-hybridized carbons (Fsp3) is 0.647. The summed E-state index contributed by atoms with van der Waals surface area (Å²) in [5.41, 5.74) is 0.178. The monoisotopic (exact) mass is 294 g/mol. The van der Waals surface area contributed by atoms with Crippen molar-refractivity contribution in [3.05, 3.63) is 23.8 Å². The first-order valence-electron chi connectivity index (χ1n) is 7.37. The van der Waals surface area contributed by atoms with Crippen molar-refractivity contribution in [2.45, 2.75) is 64.4 Å². The number of aliphatic hydroxyl groups is 1. The predicted molar refractivity (Wildman–Crippen MR) is 81.9 cm³/mol. The Hall–Kier alpha value is -1.26. The van der Waals surface area contributed by atoms with E-state index in [9.17, 15) is 5.11 Å². The summed E-state index contributed by atoms with van der Waals surface area (Å²) in [6, 6.07) is 5.49. The lowest BCUT2D eigenvalue weighted by Crippen LogP contribution is -2.37. The van der Waals surface area contributed by atoms with E-state index in [0.717, 1.165) is 12.0 Å². The van der Waals surface area contributed by atoms with E-state index < -0.39 is 6.10 Å². The largest absolute Gasteiger partial charge is 0.497 e. The third-order valence-corrected chi connectivity index (χ3v) is 3.93. The number of hydrogen-bond donors (Lipinski definition) is 1. The van der Waals surface area contributed by atoms with Gasteiger partial charge in [-0.3, -0.25) is 0 Å². The Bertz CT molecular complexity index is 506. The average Bonchev–Trinajstić information content (AvgIpc) is 2.56. The quantitative estimate of drug-likeness (QED) is 0.923. The van der Waals surface area contributed by atoms with Gasteiger partial charge in [0.05, 0.1) is 18.8 Å². The van der Waals surface area contributed by atoms with Gasteiger partial charge in [-0.25, -0.2) is 0 Å². The fourth-order valence-electron chi connectivity index (χ4n) is 2.94. The lowest BCUT2D eigenvalue weighted by molar-refractivity contribution is -0.0848. The van der Waals surface area contributed by atoms with Crippen molar-refractivity contribution in [2.75, 3.05) is 7.11 Å². The van der Waals surface area contributed by atoms with Crippen molar-refractivity contribution >= 4 is 0 Å². The third kappa shape index (κ3) is 3.50. The molecular weight excluding hydrogens is 268 g/mol. The molecule has 1 heterocycles. The second kappa shape index (κ2) is 5.50. The zero-order chi connectivity index (χ0) is 15.8. The molecule has 0 aromatic heterocycles. The molecule has 1 aromatic carbocycles. The van der Waals surface area contributed by atoms with Gasteiger partial charge in [0.1, 0.15) is 23.2 Å². The van der Waals surface area contributed by atoms with E-state index in [1.54, 1.807) is 14.0 Å². The first kappa shape index (κ1) is 16.1. The molecule has 1 aliphatic rings. The van der Waals surface area contributed by atoms with Crippen LogP contribution in [0, 0.1) is 0 Å². The molecule has 0 aliphatic carbocycles. The minimum atomic E-state index is -0.593. The minimum absolute atomic E-state index is 0.0721. The van der Waals surface area contributed by atoms with Crippen molar-refractivity contribution < 1.29 is 19.3 Å². The Morgan fingerprint density at radius 2 is 1.95 bits per heavy atom. The summed E-state index contributed by atoms with van der Waals surface area (Å²) in [5.74, 6) is 1.37. The zero-order valence-electron chi connectivity index (χ0n) is 13.8. The van der Waals surface area contributed by atoms with E-state index in [-0.39, 0.29) is 17.3 Å². The van der Waals surface area contributed by atoms with Crippen molar-refractivity contribution in [1.82, 2.24) is 0 Å². The molecule has 1 aliphatic heterocycles. The van der Waals surface area contributed by atoms with Gasteiger partial charge in [-0.1, -0.05) is 0 Å². The van der Waals surface area contributed by atoms with E-state index >= 15 is 0 Å². The maximum atomic E-state index is 9.92. The first-order valence-corrected chi connectivity index (χ1v) is 7.37. The van der Waals surface area contributed by atoms with Crippen molar-refractivity contribution in [2.24, 2.45) is 0 Å². The molecule has 0 bridgehead atoms. The molecule has 1 aromatic rings. The van der Waals surface area contributed by atoms with Crippen LogP contribution in [0.25, 0.3) is 0 Å². The van der Waals surface area contributed by atoms with Gasteiger partial charge in [0.2, 0.25) is 0 Å². The lowest BCUT2D eigenvalue weighted by Gasteiger charge is -2.28. The molecule has 2 unspecified atom stereocenters. The van der Waals surface area contributed by atoms with Gasteiger partial charge in [0.15, 0.2) is 0 Å². The molecule has 1 N–H and O–H groups in total. The van der Waals surface area contributed by atoms with Crippen molar-refractivity contribution in [1.29, 1.82) is 0 Å². The summed E-state index contributed by atoms with van der Waals surface area (Å²) in [5, 5.41) is 9.92. The topological polar surface area (TPSA) is 47.9 Å². The Morgan fingerprint density at radius 1 is 1.29 bits per heavy atom. The molecule has 1 fully saturated rings. The molecule has 0 spiro atoms. The summed E-state index contributed by atoms with van der Waals surface area (Å²) < 4.78 is 17.5. The van der Waals surface area contributed by atoms with E-state index in [1.807, 2.05) is 32.0 Å². The van der Waals surface area contributed by atoms with Gasteiger partial charge in [-0.05, 0) is 46.8 Å². The van der Waals surface area contributed by atoms with Crippen LogP contribution < -0.4 is 9.47 Å².